The van der Waals surface area contributed by atoms with Crippen LogP contribution in [0, 0.1) is 5.41 Å². The van der Waals surface area contributed by atoms with E-state index in [0.717, 1.165) is 19.3 Å². The Bertz CT molecular complexity index is 689. The van der Waals surface area contributed by atoms with Gasteiger partial charge in [0.2, 0.25) is 0 Å². The van der Waals surface area contributed by atoms with E-state index < -0.39 is 9.05 Å². The monoisotopic (exact) mass is 330 g/mol. The number of nitrogens with zero attached hydrogens (tertiary/aromatic N) is 2. The highest BCUT2D eigenvalue weighted by Crippen LogP contribution is 2.38. The molecule has 2 heterocycles. The SMILES string of the molecule is CC1(C)CCN(C(=O)c2cc(S(=O)(=O)Cl)cn2C2CC2)C1. The Labute approximate surface area is 129 Å². The predicted octanol–water partition coefficient (Wildman–Crippen LogP) is 2.62. The second kappa shape index (κ2) is 4.74. The molecule has 0 bridgehead atoms. The van der Waals surface area contributed by atoms with E-state index in [1.807, 2.05) is 0 Å². The molecule has 3 rings (SSSR count). The van der Waals surface area contributed by atoms with E-state index in [1.54, 1.807) is 9.47 Å². The van der Waals surface area contributed by atoms with Crippen molar-refractivity contribution in [1.82, 2.24) is 9.47 Å². The van der Waals surface area contributed by atoms with Gasteiger partial charge in [0.1, 0.15) is 10.6 Å². The van der Waals surface area contributed by atoms with Crippen molar-refractivity contribution in [3.63, 3.8) is 0 Å². The van der Waals surface area contributed by atoms with Crippen molar-refractivity contribution in [1.29, 1.82) is 0 Å². The molecule has 116 valence electrons. The molecular formula is C14H19ClN2O3S. The van der Waals surface area contributed by atoms with Crippen LogP contribution in [0.3, 0.4) is 0 Å². The minimum atomic E-state index is -3.81. The summed E-state index contributed by atoms with van der Waals surface area (Å²) >= 11 is 0. The molecule has 1 saturated carbocycles. The lowest BCUT2D eigenvalue weighted by atomic mass is 9.93. The molecule has 1 aliphatic heterocycles. The van der Waals surface area contributed by atoms with Gasteiger partial charge >= 0.3 is 0 Å². The molecule has 0 unspecified atom stereocenters. The van der Waals surface area contributed by atoms with Gasteiger partial charge in [0.25, 0.3) is 15.0 Å². The van der Waals surface area contributed by atoms with Crippen LogP contribution >= 0.6 is 10.7 Å². The third-order valence-electron chi connectivity index (χ3n) is 4.23. The maximum Gasteiger partial charge on any atom is 0.270 e. The maximum atomic E-state index is 12.7. The lowest BCUT2D eigenvalue weighted by molar-refractivity contribution is 0.0767. The van der Waals surface area contributed by atoms with Gasteiger partial charge in [0.05, 0.1) is 0 Å². The number of carbonyl (C=O) groups is 1. The van der Waals surface area contributed by atoms with Crippen LogP contribution < -0.4 is 0 Å². The molecule has 0 atom stereocenters. The van der Waals surface area contributed by atoms with Gasteiger partial charge in [0.15, 0.2) is 0 Å². The van der Waals surface area contributed by atoms with E-state index in [1.165, 1.54) is 12.3 Å². The molecule has 21 heavy (non-hydrogen) atoms. The highest BCUT2D eigenvalue weighted by atomic mass is 35.7. The summed E-state index contributed by atoms with van der Waals surface area (Å²) in [6.07, 6.45) is 4.41. The molecule has 0 N–H and O–H groups in total. The van der Waals surface area contributed by atoms with Gasteiger partial charge in [-0.25, -0.2) is 8.42 Å². The van der Waals surface area contributed by atoms with Crippen molar-refractivity contribution in [3.8, 4) is 0 Å². The molecule has 1 aromatic rings. The first-order valence-corrected chi connectivity index (χ1v) is 9.44. The molecule has 0 aromatic carbocycles. The fraction of sp³-hybridized carbons (Fsp3) is 0.643. The van der Waals surface area contributed by atoms with Crippen LogP contribution in [-0.4, -0.2) is 36.9 Å². The summed E-state index contributed by atoms with van der Waals surface area (Å²) in [5.41, 5.74) is 0.558. The number of rotatable bonds is 3. The normalized spacial score (nSPS) is 21.8. The Kier molecular flexibility index (Phi) is 3.37. The molecular weight excluding hydrogens is 312 g/mol. The van der Waals surface area contributed by atoms with Crippen molar-refractivity contribution in [2.24, 2.45) is 5.41 Å². The van der Waals surface area contributed by atoms with Gasteiger partial charge < -0.3 is 9.47 Å². The summed E-state index contributed by atoms with van der Waals surface area (Å²) in [5, 5.41) is 0. The van der Waals surface area contributed by atoms with Gasteiger partial charge in [-0.05, 0) is 30.7 Å². The number of likely N-dealkylation sites (tertiary alicyclic amines) is 1. The smallest absolute Gasteiger partial charge is 0.270 e. The van der Waals surface area contributed by atoms with E-state index in [0.29, 0.717) is 18.8 Å². The Balaban J connectivity index is 1.94. The van der Waals surface area contributed by atoms with Crippen molar-refractivity contribution in [2.45, 2.75) is 44.0 Å². The lowest BCUT2D eigenvalue weighted by Gasteiger charge is -2.20. The highest BCUT2D eigenvalue weighted by Gasteiger charge is 2.36. The Morgan fingerprint density at radius 3 is 2.52 bits per heavy atom. The quantitative estimate of drug-likeness (QED) is 0.800. The molecule has 7 heteroatoms. The minimum Gasteiger partial charge on any atom is -0.339 e. The van der Waals surface area contributed by atoms with Gasteiger partial charge in [-0.1, -0.05) is 13.8 Å². The number of hydrogen-bond donors (Lipinski definition) is 0. The average molecular weight is 331 g/mol. The summed E-state index contributed by atoms with van der Waals surface area (Å²) in [7, 11) is 1.60. The second-order valence-electron chi connectivity index (χ2n) is 6.78. The van der Waals surface area contributed by atoms with Crippen LogP contribution in [0.1, 0.15) is 49.6 Å². The van der Waals surface area contributed by atoms with Crippen LogP contribution in [0.15, 0.2) is 17.2 Å². The number of carbonyl (C=O) groups excluding carboxylic acids is 1. The largest absolute Gasteiger partial charge is 0.339 e. The third-order valence-corrected chi connectivity index (χ3v) is 5.55. The fourth-order valence-corrected chi connectivity index (χ4v) is 3.61. The van der Waals surface area contributed by atoms with Crippen LogP contribution in [0.2, 0.25) is 0 Å². The minimum absolute atomic E-state index is 0.0119. The molecule has 2 fully saturated rings. The third kappa shape index (κ3) is 2.97. The fourth-order valence-electron chi connectivity index (χ4n) is 2.86. The first-order chi connectivity index (χ1) is 9.67. The van der Waals surface area contributed by atoms with E-state index in [2.05, 4.69) is 13.8 Å². The first kappa shape index (κ1) is 14.9. The van der Waals surface area contributed by atoms with Crippen LogP contribution in [0.25, 0.3) is 0 Å². The summed E-state index contributed by atoms with van der Waals surface area (Å²) in [6, 6.07) is 1.64. The molecule has 2 aliphatic rings. The molecule has 1 aromatic heterocycles. The maximum absolute atomic E-state index is 12.7. The molecule has 5 nitrogen and oxygen atoms in total. The Hall–Kier alpha value is -1.01. The molecule has 1 saturated heterocycles. The summed E-state index contributed by atoms with van der Waals surface area (Å²) in [6.45, 7) is 5.68. The van der Waals surface area contributed by atoms with Crippen LogP contribution in [0.5, 0.6) is 0 Å². The average Bonchev–Trinajstić information content (AvgIpc) is 2.99. The van der Waals surface area contributed by atoms with Crippen molar-refractivity contribution in [3.05, 3.63) is 18.0 Å². The van der Waals surface area contributed by atoms with E-state index in [9.17, 15) is 13.2 Å². The van der Waals surface area contributed by atoms with Crippen LogP contribution in [0.4, 0.5) is 0 Å². The zero-order chi connectivity index (χ0) is 15.4. The van der Waals surface area contributed by atoms with E-state index in [-0.39, 0.29) is 22.3 Å². The Morgan fingerprint density at radius 2 is 2.05 bits per heavy atom. The molecule has 1 aliphatic carbocycles. The number of aromatic nitrogens is 1. The number of halogens is 1. The topological polar surface area (TPSA) is 59.4 Å². The van der Waals surface area contributed by atoms with Gasteiger partial charge in [0, 0.05) is 36.0 Å². The second-order valence-corrected chi connectivity index (χ2v) is 9.34. The predicted molar refractivity (Wildman–Crippen MR) is 80.0 cm³/mol. The standard InChI is InChI=1S/C14H19ClN2O3S/c1-14(2)5-6-16(9-14)13(18)12-7-11(21(15,19)20)8-17(12)10-3-4-10/h7-8,10H,3-6,9H2,1-2H3. The summed E-state index contributed by atoms with van der Waals surface area (Å²) in [4.78, 5) is 14.5. The molecule has 1 amide bonds. The van der Waals surface area contributed by atoms with Gasteiger partial charge in [-0.15, -0.1) is 0 Å². The lowest BCUT2D eigenvalue weighted by Crippen LogP contribution is -2.31. The van der Waals surface area contributed by atoms with Crippen LogP contribution in [-0.2, 0) is 9.05 Å². The number of hydrogen-bond acceptors (Lipinski definition) is 3. The van der Waals surface area contributed by atoms with Gasteiger partial charge in [-0.2, -0.15) is 0 Å². The van der Waals surface area contributed by atoms with Gasteiger partial charge in [-0.3, -0.25) is 4.79 Å². The molecule has 0 spiro atoms. The Morgan fingerprint density at radius 1 is 1.38 bits per heavy atom. The van der Waals surface area contributed by atoms with Crippen molar-refractivity contribution < 1.29 is 13.2 Å². The van der Waals surface area contributed by atoms with E-state index >= 15 is 0 Å². The summed E-state index contributed by atoms with van der Waals surface area (Å²) in [5.74, 6) is -0.0981. The highest BCUT2D eigenvalue weighted by molar-refractivity contribution is 8.13. The van der Waals surface area contributed by atoms with Crippen molar-refractivity contribution >= 4 is 25.6 Å². The molecule has 0 radical (unpaired) electrons. The zero-order valence-corrected chi connectivity index (χ0v) is 13.7. The zero-order valence-electron chi connectivity index (χ0n) is 12.2. The van der Waals surface area contributed by atoms with E-state index in [4.69, 9.17) is 10.7 Å². The number of amides is 1. The first-order valence-electron chi connectivity index (χ1n) is 7.13. The van der Waals surface area contributed by atoms with Crippen molar-refractivity contribution in [2.75, 3.05) is 13.1 Å². The summed E-state index contributed by atoms with van der Waals surface area (Å²) < 4.78 is 24.8.